The number of likely N-dealkylation sites (tertiary alicyclic amines) is 1. The van der Waals surface area contributed by atoms with E-state index in [0.29, 0.717) is 19.4 Å². The first kappa shape index (κ1) is 27.7. The van der Waals surface area contributed by atoms with E-state index in [-0.39, 0.29) is 35.8 Å². The van der Waals surface area contributed by atoms with Gasteiger partial charge in [0, 0.05) is 12.6 Å². The molecular formula is C27H32N4O8. The van der Waals surface area contributed by atoms with Crippen LogP contribution in [-0.2, 0) is 30.5 Å². The molecule has 2 aromatic carbocycles. The van der Waals surface area contributed by atoms with Crippen molar-refractivity contribution in [3.05, 3.63) is 53.6 Å². The first-order valence-electron chi connectivity index (χ1n) is 12.6. The first-order chi connectivity index (χ1) is 18.7. The van der Waals surface area contributed by atoms with Crippen LogP contribution >= 0.6 is 0 Å². The summed E-state index contributed by atoms with van der Waals surface area (Å²) in [5, 5.41) is 15.3. The van der Waals surface area contributed by atoms with Crippen LogP contribution in [0, 0.1) is 0 Å². The van der Waals surface area contributed by atoms with E-state index in [4.69, 9.17) is 19.9 Å². The lowest BCUT2D eigenvalue weighted by Gasteiger charge is -2.28. The average Bonchev–Trinajstić information content (AvgIpc) is 3.55. The number of hydrogen-bond donors (Lipinski definition) is 4. The molecule has 12 heteroatoms. The summed E-state index contributed by atoms with van der Waals surface area (Å²) >= 11 is 0. The van der Waals surface area contributed by atoms with Crippen LogP contribution in [0.3, 0.4) is 0 Å². The Hall–Kier alpha value is -4.32. The molecule has 2 fully saturated rings. The van der Waals surface area contributed by atoms with Gasteiger partial charge in [0.25, 0.3) is 5.91 Å². The maximum absolute atomic E-state index is 13.2. The summed E-state index contributed by atoms with van der Waals surface area (Å²) in [5.41, 5.74) is 6.60. The van der Waals surface area contributed by atoms with Gasteiger partial charge in [-0.3, -0.25) is 19.2 Å². The number of phenols is 1. The molecule has 1 unspecified atom stereocenters. The Labute approximate surface area is 225 Å². The molecule has 3 amide bonds. The number of nitrogens with two attached hydrogens (primary N) is 1. The second-order valence-corrected chi connectivity index (χ2v) is 9.47. The number of nitrogens with one attached hydrogen (secondary N) is 2. The fourth-order valence-corrected chi connectivity index (χ4v) is 4.65. The van der Waals surface area contributed by atoms with Gasteiger partial charge in [0.05, 0.1) is 31.4 Å². The van der Waals surface area contributed by atoms with Crippen LogP contribution in [0.4, 0.5) is 5.69 Å². The van der Waals surface area contributed by atoms with Gasteiger partial charge in [0.1, 0.15) is 29.6 Å². The number of nitrogen functional groups attached to an aromatic ring is 1. The summed E-state index contributed by atoms with van der Waals surface area (Å²) < 4.78 is 16.2. The van der Waals surface area contributed by atoms with Gasteiger partial charge >= 0.3 is 5.97 Å². The number of anilines is 1. The second kappa shape index (κ2) is 12.0. The number of ether oxygens (including phenoxy) is 3. The van der Waals surface area contributed by atoms with Gasteiger partial charge in [0.15, 0.2) is 0 Å². The molecule has 0 spiro atoms. The molecule has 0 bridgehead atoms. The van der Waals surface area contributed by atoms with Crippen molar-refractivity contribution < 1.29 is 38.5 Å². The molecule has 0 saturated carbocycles. The van der Waals surface area contributed by atoms with Crippen molar-refractivity contribution in [2.75, 3.05) is 19.4 Å². The van der Waals surface area contributed by atoms with Gasteiger partial charge in [-0.15, -0.1) is 0 Å². The lowest BCUT2D eigenvalue weighted by atomic mass is 10.1. The number of carbonyl (C=O) groups is 4. The molecule has 0 radical (unpaired) electrons. The number of methoxy groups -OCH3 is 1. The molecule has 2 aliphatic rings. The molecule has 2 aromatic rings. The van der Waals surface area contributed by atoms with Gasteiger partial charge in [-0.05, 0) is 31.4 Å². The predicted molar refractivity (Wildman–Crippen MR) is 138 cm³/mol. The van der Waals surface area contributed by atoms with E-state index in [1.165, 1.54) is 25.0 Å². The van der Waals surface area contributed by atoms with Gasteiger partial charge in [-0.25, -0.2) is 0 Å². The first-order valence-corrected chi connectivity index (χ1v) is 12.6. The topological polar surface area (TPSA) is 170 Å². The van der Waals surface area contributed by atoms with Crippen molar-refractivity contribution in [1.82, 2.24) is 15.5 Å². The zero-order valence-corrected chi connectivity index (χ0v) is 21.7. The lowest BCUT2D eigenvalue weighted by molar-refractivity contribution is -0.168. The predicted octanol–water partition coefficient (Wildman–Crippen LogP) is 1.07. The number of amides is 3. The fourth-order valence-electron chi connectivity index (χ4n) is 4.65. The van der Waals surface area contributed by atoms with Crippen LogP contribution < -0.4 is 21.1 Å². The summed E-state index contributed by atoms with van der Waals surface area (Å²) in [6.07, 6.45) is 0.0265. The minimum atomic E-state index is -0.978. The third kappa shape index (κ3) is 6.40. The van der Waals surface area contributed by atoms with Crippen molar-refractivity contribution in [2.45, 2.75) is 57.2 Å². The molecule has 4 atom stereocenters. The summed E-state index contributed by atoms with van der Waals surface area (Å²) in [7, 11) is 1.35. The number of aromatic hydroxyl groups is 1. The number of nitrogens with zero attached hydrogens (tertiary/aromatic N) is 1. The number of carbonyl (C=O) groups excluding carboxylic acids is 4. The van der Waals surface area contributed by atoms with Crippen molar-refractivity contribution >= 4 is 29.4 Å². The van der Waals surface area contributed by atoms with E-state index in [0.717, 1.165) is 11.6 Å². The number of hydrogen-bond acceptors (Lipinski definition) is 9. The van der Waals surface area contributed by atoms with E-state index in [1.807, 2.05) is 30.3 Å². The van der Waals surface area contributed by atoms with E-state index in [1.54, 1.807) is 0 Å². The number of cyclic esters (lactones) is 1. The average molecular weight is 541 g/mol. The highest BCUT2D eigenvalue weighted by molar-refractivity contribution is 6.01. The molecular weight excluding hydrogens is 508 g/mol. The summed E-state index contributed by atoms with van der Waals surface area (Å²) in [5.74, 6) is -2.17. The van der Waals surface area contributed by atoms with E-state index in [2.05, 4.69) is 10.6 Å². The van der Waals surface area contributed by atoms with E-state index < -0.39 is 48.1 Å². The summed E-state index contributed by atoms with van der Waals surface area (Å²) in [6.45, 7) is 2.04. The van der Waals surface area contributed by atoms with Crippen LogP contribution in [0.15, 0.2) is 42.5 Å². The van der Waals surface area contributed by atoms with Crippen molar-refractivity contribution in [2.24, 2.45) is 0 Å². The molecule has 0 aliphatic carbocycles. The van der Waals surface area contributed by atoms with Gasteiger partial charge < -0.3 is 40.6 Å². The monoisotopic (exact) mass is 540 g/mol. The second-order valence-electron chi connectivity index (χ2n) is 9.47. The Morgan fingerprint density at radius 3 is 2.69 bits per heavy atom. The van der Waals surface area contributed by atoms with Gasteiger partial charge in [-0.2, -0.15) is 0 Å². The van der Waals surface area contributed by atoms with Gasteiger partial charge in [0.2, 0.25) is 18.1 Å². The van der Waals surface area contributed by atoms with Crippen LogP contribution in [0.2, 0.25) is 0 Å². The lowest BCUT2D eigenvalue weighted by Crippen LogP contribution is -2.54. The minimum Gasteiger partial charge on any atom is -0.506 e. The van der Waals surface area contributed by atoms with E-state index >= 15 is 0 Å². The molecule has 2 aliphatic heterocycles. The highest BCUT2D eigenvalue weighted by Crippen LogP contribution is 2.30. The Morgan fingerprint density at radius 2 is 1.97 bits per heavy atom. The Bertz CT molecular complexity index is 1240. The van der Waals surface area contributed by atoms with Crippen molar-refractivity contribution in [1.29, 1.82) is 0 Å². The molecule has 39 heavy (non-hydrogen) atoms. The zero-order chi connectivity index (χ0) is 28.1. The maximum Gasteiger partial charge on any atom is 0.310 e. The minimum absolute atomic E-state index is 0.00649. The summed E-state index contributed by atoms with van der Waals surface area (Å²) in [6, 6.07) is 9.37. The largest absolute Gasteiger partial charge is 0.506 e. The number of esters is 1. The van der Waals surface area contributed by atoms with E-state index in [9.17, 15) is 24.3 Å². The SMILES string of the molecule is COc1cc(N)c(O)cc1C(=O)N[C@@H](C)C(=O)N1CCC[C@H]1C(=O)N[C@H]1CC(=O)OC1OCc1ccccc1. The molecule has 4 rings (SSSR count). The molecule has 2 heterocycles. The standard InChI is InChI=1S/C27H32N4O8/c1-15(29-24(34)17-11-21(32)18(28)12-22(17)37-2)26(36)31-10-6-9-20(31)25(35)30-19-13-23(33)39-27(19)38-14-16-7-4-3-5-8-16/h3-5,7-8,11-12,15,19-20,27,32H,6,9-10,13-14,28H2,1-2H3,(H,29,34)(H,30,35)/t15-,19-,20-,27?/m0/s1. The number of rotatable bonds is 9. The van der Waals surface area contributed by atoms with Gasteiger partial charge in [-0.1, -0.05) is 30.3 Å². The van der Waals surface area contributed by atoms with Crippen LogP contribution in [0.1, 0.15) is 42.1 Å². The van der Waals surface area contributed by atoms with Crippen molar-refractivity contribution in [3.63, 3.8) is 0 Å². The number of phenolic OH excluding ortho intramolecular Hbond substituents is 1. The van der Waals surface area contributed by atoms with Crippen LogP contribution in [0.5, 0.6) is 11.5 Å². The number of benzene rings is 2. The fraction of sp³-hybridized carbons (Fsp3) is 0.407. The van der Waals surface area contributed by atoms with Crippen LogP contribution in [0.25, 0.3) is 0 Å². The third-order valence-corrected chi connectivity index (χ3v) is 6.70. The Morgan fingerprint density at radius 1 is 1.23 bits per heavy atom. The highest BCUT2D eigenvalue weighted by atomic mass is 16.7. The molecule has 0 aromatic heterocycles. The molecule has 5 N–H and O–H groups in total. The normalized spacial score (nSPS) is 21.2. The highest BCUT2D eigenvalue weighted by Gasteiger charge is 2.41. The Balaban J connectivity index is 1.37. The molecule has 208 valence electrons. The zero-order valence-electron chi connectivity index (χ0n) is 21.7. The van der Waals surface area contributed by atoms with Crippen molar-refractivity contribution in [3.8, 4) is 11.5 Å². The third-order valence-electron chi connectivity index (χ3n) is 6.70. The Kier molecular flexibility index (Phi) is 8.55. The molecule has 12 nitrogen and oxygen atoms in total. The van der Waals surface area contributed by atoms with Crippen LogP contribution in [-0.4, -0.2) is 71.8 Å². The molecule has 2 saturated heterocycles. The smallest absolute Gasteiger partial charge is 0.310 e. The maximum atomic E-state index is 13.2. The quantitative estimate of drug-likeness (QED) is 0.206. The summed E-state index contributed by atoms with van der Waals surface area (Å²) in [4.78, 5) is 52.6.